The summed E-state index contributed by atoms with van der Waals surface area (Å²) in [6.07, 6.45) is 2.80. The lowest BCUT2D eigenvalue weighted by Crippen LogP contribution is -2.00. The largest absolute Gasteiger partial charge is 0.323 e. The summed E-state index contributed by atoms with van der Waals surface area (Å²) in [4.78, 5) is 9.46. The highest BCUT2D eigenvalue weighted by molar-refractivity contribution is 6.31. The number of hydrogen-bond acceptors (Lipinski definition) is 5. The molecule has 0 aliphatic heterocycles. The van der Waals surface area contributed by atoms with Crippen LogP contribution in [0, 0.1) is 11.3 Å². The summed E-state index contributed by atoms with van der Waals surface area (Å²) in [5, 5.41) is 21.1. The number of anilines is 2. The Morgan fingerprint density at radius 3 is 2.69 bits per heavy atom. The second-order valence-corrected chi connectivity index (χ2v) is 7.63. The number of nitrogens with one attached hydrogen (secondary N) is 2. The lowest BCUT2D eigenvalue weighted by molar-refractivity contribution is 0.966. The summed E-state index contributed by atoms with van der Waals surface area (Å²) in [6.45, 7) is 0. The van der Waals surface area contributed by atoms with Gasteiger partial charge in [-0.2, -0.15) is 10.4 Å². The topological polar surface area (TPSA) is 90.3 Å². The van der Waals surface area contributed by atoms with Crippen LogP contribution in [0.2, 0.25) is 5.02 Å². The Morgan fingerprint density at radius 1 is 1.10 bits per heavy atom. The molecule has 2 aromatic carbocycles. The van der Waals surface area contributed by atoms with Crippen LogP contribution in [0.4, 0.5) is 11.6 Å². The molecule has 0 atom stereocenters. The van der Waals surface area contributed by atoms with Crippen LogP contribution in [0.15, 0.2) is 48.5 Å². The van der Waals surface area contributed by atoms with Crippen molar-refractivity contribution in [1.29, 1.82) is 5.26 Å². The van der Waals surface area contributed by atoms with E-state index in [1.165, 1.54) is 12.8 Å². The molecule has 2 N–H and O–H groups in total. The van der Waals surface area contributed by atoms with Gasteiger partial charge in [0.2, 0.25) is 0 Å². The van der Waals surface area contributed by atoms with Crippen molar-refractivity contribution in [3.05, 3.63) is 64.8 Å². The molecule has 5 rings (SSSR count). The predicted octanol–water partition coefficient (Wildman–Crippen LogP) is 5.36. The van der Waals surface area contributed by atoms with Crippen LogP contribution < -0.4 is 5.32 Å². The number of H-pyrrole nitrogens is 1. The van der Waals surface area contributed by atoms with Gasteiger partial charge in [-0.15, -0.1) is 0 Å². The molecule has 0 spiro atoms. The Hall–Kier alpha value is -3.43. The zero-order valence-electron chi connectivity index (χ0n) is 15.5. The first-order valence-electron chi connectivity index (χ1n) is 9.45. The second-order valence-electron chi connectivity index (χ2n) is 7.20. The van der Waals surface area contributed by atoms with Gasteiger partial charge in [0.1, 0.15) is 5.82 Å². The molecule has 1 saturated carbocycles. The molecule has 0 saturated heterocycles. The van der Waals surface area contributed by atoms with E-state index in [-0.39, 0.29) is 0 Å². The van der Waals surface area contributed by atoms with Crippen LogP contribution in [0.5, 0.6) is 0 Å². The molecule has 6 nitrogen and oxygen atoms in total. The number of benzene rings is 2. The summed E-state index contributed by atoms with van der Waals surface area (Å²) in [5.74, 6) is 2.57. The fourth-order valence-electron chi connectivity index (χ4n) is 3.31. The van der Waals surface area contributed by atoms with Crippen molar-refractivity contribution in [3.63, 3.8) is 0 Å². The maximum Gasteiger partial charge on any atom is 0.162 e. The molecule has 0 unspecified atom stereocenters. The van der Waals surface area contributed by atoms with Crippen LogP contribution in [0.1, 0.15) is 30.0 Å². The number of halogens is 1. The molecule has 0 amide bonds. The van der Waals surface area contributed by atoms with Gasteiger partial charge in [-0.05, 0) is 36.6 Å². The van der Waals surface area contributed by atoms with E-state index < -0.39 is 0 Å². The Balaban J connectivity index is 1.56. The Kier molecular flexibility index (Phi) is 4.38. The lowest BCUT2D eigenvalue weighted by atomic mass is 10.1. The maximum atomic E-state index is 8.86. The van der Waals surface area contributed by atoms with Gasteiger partial charge >= 0.3 is 0 Å². The Bertz CT molecular complexity index is 1230. The zero-order valence-corrected chi connectivity index (χ0v) is 16.2. The first kappa shape index (κ1) is 17.7. The Morgan fingerprint density at radius 2 is 1.93 bits per heavy atom. The highest BCUT2D eigenvalue weighted by atomic mass is 35.5. The van der Waals surface area contributed by atoms with E-state index in [9.17, 15) is 0 Å². The fraction of sp³-hybridized carbons (Fsp3) is 0.182. The number of nitrogens with zero attached hydrogens (tertiary/aromatic N) is 4. The SMILES string of the molecule is N#CCc1ccc(-c2nc(Nc3cc(C4CC4)[nH]n3)c3cc(Cl)ccc3n2)cc1. The smallest absolute Gasteiger partial charge is 0.162 e. The third-order valence-corrected chi connectivity index (χ3v) is 5.25. The molecule has 142 valence electrons. The van der Waals surface area contributed by atoms with Crippen molar-refractivity contribution >= 4 is 34.1 Å². The van der Waals surface area contributed by atoms with Crippen molar-refractivity contribution in [2.75, 3.05) is 5.32 Å². The van der Waals surface area contributed by atoms with Crippen molar-refractivity contribution < 1.29 is 0 Å². The highest BCUT2D eigenvalue weighted by Crippen LogP contribution is 2.40. The van der Waals surface area contributed by atoms with Gasteiger partial charge in [0.25, 0.3) is 0 Å². The van der Waals surface area contributed by atoms with Gasteiger partial charge in [0, 0.05) is 33.7 Å². The second kappa shape index (κ2) is 7.19. The van der Waals surface area contributed by atoms with E-state index in [0.29, 0.717) is 29.0 Å². The number of fused-ring (bicyclic) bond motifs is 1. The molecule has 29 heavy (non-hydrogen) atoms. The monoisotopic (exact) mass is 400 g/mol. The van der Waals surface area contributed by atoms with Crippen molar-refractivity contribution in [2.45, 2.75) is 25.2 Å². The van der Waals surface area contributed by atoms with Crippen LogP contribution in [-0.4, -0.2) is 20.2 Å². The van der Waals surface area contributed by atoms with Crippen molar-refractivity contribution in [1.82, 2.24) is 20.2 Å². The van der Waals surface area contributed by atoms with Crippen molar-refractivity contribution in [3.8, 4) is 17.5 Å². The standard InChI is InChI=1S/C22H17ClN6/c23-16-7-8-18-17(11-16)22(26-20-12-19(28-29-20)14-5-6-14)27-21(25-18)15-3-1-13(2-4-15)9-10-24/h1-4,7-8,11-12,14H,5-6,9H2,(H2,25,26,27,28,29). The molecular formula is C22H17ClN6. The first-order chi connectivity index (χ1) is 14.2. The average Bonchev–Trinajstić information content (AvgIpc) is 3.48. The summed E-state index contributed by atoms with van der Waals surface area (Å²) in [6, 6.07) is 17.5. The van der Waals surface area contributed by atoms with E-state index in [4.69, 9.17) is 26.8 Å². The third kappa shape index (κ3) is 3.65. The minimum Gasteiger partial charge on any atom is -0.323 e. The predicted molar refractivity (Wildman–Crippen MR) is 113 cm³/mol. The molecule has 4 aromatic rings. The van der Waals surface area contributed by atoms with E-state index in [1.54, 1.807) is 0 Å². The van der Waals surface area contributed by atoms with Crippen LogP contribution >= 0.6 is 11.6 Å². The Labute approximate surface area is 172 Å². The van der Waals surface area contributed by atoms with E-state index in [0.717, 1.165) is 33.5 Å². The molecule has 0 radical (unpaired) electrons. The molecule has 1 fully saturated rings. The molecule has 7 heteroatoms. The van der Waals surface area contributed by atoms with Crippen LogP contribution in [-0.2, 0) is 6.42 Å². The van der Waals surface area contributed by atoms with E-state index in [2.05, 4.69) is 21.6 Å². The third-order valence-electron chi connectivity index (χ3n) is 5.01. The fourth-order valence-corrected chi connectivity index (χ4v) is 3.49. The number of hydrogen-bond donors (Lipinski definition) is 2. The molecule has 1 aliphatic carbocycles. The molecule has 2 aromatic heterocycles. The van der Waals surface area contributed by atoms with Gasteiger partial charge in [-0.3, -0.25) is 5.10 Å². The minimum absolute atomic E-state index is 0.382. The molecular weight excluding hydrogens is 384 g/mol. The zero-order chi connectivity index (χ0) is 19.8. The number of nitriles is 1. The summed E-state index contributed by atoms with van der Waals surface area (Å²) >= 11 is 6.22. The van der Waals surface area contributed by atoms with E-state index >= 15 is 0 Å². The average molecular weight is 401 g/mol. The molecule has 1 aliphatic rings. The van der Waals surface area contributed by atoms with Gasteiger partial charge in [0.15, 0.2) is 11.6 Å². The quantitative estimate of drug-likeness (QED) is 0.470. The van der Waals surface area contributed by atoms with Gasteiger partial charge in [-0.25, -0.2) is 9.97 Å². The minimum atomic E-state index is 0.382. The van der Waals surface area contributed by atoms with Crippen molar-refractivity contribution in [2.24, 2.45) is 0 Å². The highest BCUT2D eigenvalue weighted by Gasteiger charge is 2.25. The normalized spacial score (nSPS) is 13.4. The first-order valence-corrected chi connectivity index (χ1v) is 9.83. The lowest BCUT2D eigenvalue weighted by Gasteiger charge is -2.10. The van der Waals surface area contributed by atoms with Crippen LogP contribution in [0.25, 0.3) is 22.3 Å². The molecule has 2 heterocycles. The number of rotatable bonds is 5. The van der Waals surface area contributed by atoms with E-state index in [1.807, 2.05) is 48.5 Å². The summed E-state index contributed by atoms with van der Waals surface area (Å²) < 4.78 is 0. The van der Waals surface area contributed by atoms with Gasteiger partial charge in [-0.1, -0.05) is 35.9 Å². The summed E-state index contributed by atoms with van der Waals surface area (Å²) in [7, 11) is 0. The van der Waals surface area contributed by atoms with Gasteiger partial charge in [0.05, 0.1) is 18.0 Å². The summed E-state index contributed by atoms with van der Waals surface area (Å²) in [5.41, 5.74) is 3.79. The molecule has 0 bridgehead atoms. The number of aromatic nitrogens is 4. The van der Waals surface area contributed by atoms with Crippen LogP contribution in [0.3, 0.4) is 0 Å². The van der Waals surface area contributed by atoms with Gasteiger partial charge < -0.3 is 5.32 Å². The number of aromatic amines is 1. The maximum absolute atomic E-state index is 8.86.